The van der Waals surface area contributed by atoms with Crippen LogP contribution in [0.2, 0.25) is 0 Å². The topological polar surface area (TPSA) is 93.5 Å². The van der Waals surface area contributed by atoms with Gasteiger partial charge in [0.2, 0.25) is 0 Å². The standard InChI is InChI=1S/C13H21N3O4/c1-4-10-9(8-16(2)15-10)12(17)14-11(13(18)19)6-5-7-20-3/h8,11H,4-7H2,1-3H3,(H,14,17)(H,18,19). The van der Waals surface area contributed by atoms with E-state index in [1.807, 2.05) is 6.92 Å². The van der Waals surface area contributed by atoms with Crippen molar-refractivity contribution in [3.8, 4) is 0 Å². The van der Waals surface area contributed by atoms with Crippen molar-refractivity contribution in [2.24, 2.45) is 7.05 Å². The van der Waals surface area contributed by atoms with E-state index in [2.05, 4.69) is 10.4 Å². The number of carboxylic acids is 1. The zero-order valence-corrected chi connectivity index (χ0v) is 12.0. The van der Waals surface area contributed by atoms with Crippen molar-refractivity contribution in [1.29, 1.82) is 0 Å². The Morgan fingerprint density at radius 3 is 2.80 bits per heavy atom. The third-order valence-corrected chi connectivity index (χ3v) is 2.93. The molecule has 0 aliphatic carbocycles. The molecule has 1 amide bonds. The number of carboxylic acid groups (broad SMARTS) is 1. The molecule has 112 valence electrons. The van der Waals surface area contributed by atoms with Crippen LogP contribution in [-0.2, 0) is 23.0 Å². The summed E-state index contributed by atoms with van der Waals surface area (Å²) in [6, 6.07) is -0.914. The second kappa shape index (κ2) is 7.64. The van der Waals surface area contributed by atoms with Gasteiger partial charge in [0.05, 0.1) is 11.3 Å². The van der Waals surface area contributed by atoms with E-state index in [9.17, 15) is 9.59 Å². The van der Waals surface area contributed by atoms with E-state index in [4.69, 9.17) is 9.84 Å². The molecule has 0 saturated heterocycles. The normalized spacial score (nSPS) is 12.2. The summed E-state index contributed by atoms with van der Waals surface area (Å²) in [6.07, 6.45) is 3.12. The number of ether oxygens (including phenoxy) is 1. The van der Waals surface area contributed by atoms with E-state index in [-0.39, 0.29) is 0 Å². The number of aryl methyl sites for hydroxylation is 2. The second-order valence-electron chi connectivity index (χ2n) is 4.52. The summed E-state index contributed by atoms with van der Waals surface area (Å²) in [5.41, 5.74) is 1.08. The Balaban J connectivity index is 2.72. The van der Waals surface area contributed by atoms with Gasteiger partial charge in [0, 0.05) is 27.0 Å². The quantitative estimate of drug-likeness (QED) is 0.681. The number of nitrogens with one attached hydrogen (secondary N) is 1. The minimum absolute atomic E-state index is 0.330. The monoisotopic (exact) mass is 283 g/mol. The van der Waals surface area contributed by atoms with E-state index < -0.39 is 17.9 Å². The van der Waals surface area contributed by atoms with Crippen LogP contribution < -0.4 is 5.32 Å². The molecule has 7 nitrogen and oxygen atoms in total. The number of aromatic nitrogens is 2. The summed E-state index contributed by atoms with van der Waals surface area (Å²) in [7, 11) is 3.28. The predicted molar refractivity (Wildman–Crippen MR) is 72.6 cm³/mol. The molecule has 1 aromatic rings. The summed E-state index contributed by atoms with van der Waals surface area (Å²) >= 11 is 0. The van der Waals surface area contributed by atoms with Crippen LogP contribution in [0.3, 0.4) is 0 Å². The molecule has 20 heavy (non-hydrogen) atoms. The first-order chi connectivity index (χ1) is 9.49. The fraction of sp³-hybridized carbons (Fsp3) is 0.615. The lowest BCUT2D eigenvalue weighted by molar-refractivity contribution is -0.139. The molecule has 1 heterocycles. The molecule has 1 rings (SSSR count). The molecule has 7 heteroatoms. The highest BCUT2D eigenvalue weighted by atomic mass is 16.5. The lowest BCUT2D eigenvalue weighted by atomic mass is 10.1. The Hall–Kier alpha value is -1.89. The van der Waals surface area contributed by atoms with Gasteiger partial charge in [-0.1, -0.05) is 6.92 Å². The van der Waals surface area contributed by atoms with Gasteiger partial charge in [-0.25, -0.2) is 4.79 Å². The van der Waals surface area contributed by atoms with E-state index in [1.54, 1.807) is 25.0 Å². The van der Waals surface area contributed by atoms with Crippen molar-refractivity contribution in [2.75, 3.05) is 13.7 Å². The Labute approximate surface area is 117 Å². The van der Waals surface area contributed by atoms with Crippen LogP contribution in [0.15, 0.2) is 6.20 Å². The number of amides is 1. The average Bonchev–Trinajstić information content (AvgIpc) is 2.78. The van der Waals surface area contributed by atoms with Crippen LogP contribution in [-0.4, -0.2) is 46.5 Å². The van der Waals surface area contributed by atoms with Crippen molar-refractivity contribution < 1.29 is 19.4 Å². The first-order valence-electron chi connectivity index (χ1n) is 6.54. The minimum Gasteiger partial charge on any atom is -0.480 e. The fourth-order valence-corrected chi connectivity index (χ4v) is 1.91. The molecule has 0 spiro atoms. The molecule has 1 atom stereocenters. The van der Waals surface area contributed by atoms with E-state index in [0.29, 0.717) is 37.1 Å². The van der Waals surface area contributed by atoms with Crippen LogP contribution in [0.5, 0.6) is 0 Å². The summed E-state index contributed by atoms with van der Waals surface area (Å²) in [5.74, 6) is -1.45. The molecular weight excluding hydrogens is 262 g/mol. The van der Waals surface area contributed by atoms with E-state index in [0.717, 1.165) is 0 Å². The number of carbonyl (C=O) groups excluding carboxylic acids is 1. The number of hydrogen-bond donors (Lipinski definition) is 2. The highest BCUT2D eigenvalue weighted by Gasteiger charge is 2.22. The van der Waals surface area contributed by atoms with Crippen LogP contribution in [0, 0.1) is 0 Å². The highest BCUT2D eigenvalue weighted by molar-refractivity contribution is 5.97. The highest BCUT2D eigenvalue weighted by Crippen LogP contribution is 2.08. The van der Waals surface area contributed by atoms with Crippen LogP contribution >= 0.6 is 0 Å². The van der Waals surface area contributed by atoms with Gasteiger partial charge in [0.25, 0.3) is 5.91 Å². The number of methoxy groups -OCH3 is 1. The molecule has 0 aliphatic rings. The van der Waals surface area contributed by atoms with Crippen molar-refractivity contribution in [3.05, 3.63) is 17.5 Å². The van der Waals surface area contributed by atoms with Gasteiger partial charge in [-0.3, -0.25) is 9.48 Å². The largest absolute Gasteiger partial charge is 0.480 e. The summed E-state index contributed by atoms with van der Waals surface area (Å²) in [6.45, 7) is 2.36. The predicted octanol–water partition coefficient (Wildman–Crippen LogP) is 0.592. The van der Waals surface area contributed by atoms with Gasteiger partial charge in [-0.05, 0) is 19.3 Å². The van der Waals surface area contributed by atoms with Crippen molar-refractivity contribution in [2.45, 2.75) is 32.2 Å². The Kier molecular flexibility index (Phi) is 6.17. The van der Waals surface area contributed by atoms with Crippen LogP contribution in [0.1, 0.15) is 35.8 Å². The first-order valence-corrected chi connectivity index (χ1v) is 6.54. The first kappa shape index (κ1) is 16.2. The van der Waals surface area contributed by atoms with Gasteiger partial charge in [-0.15, -0.1) is 0 Å². The number of rotatable bonds is 8. The zero-order valence-electron chi connectivity index (χ0n) is 12.0. The lowest BCUT2D eigenvalue weighted by Crippen LogP contribution is -2.41. The van der Waals surface area contributed by atoms with Gasteiger partial charge in [0.15, 0.2) is 0 Å². The third-order valence-electron chi connectivity index (χ3n) is 2.93. The van der Waals surface area contributed by atoms with Crippen molar-refractivity contribution in [3.63, 3.8) is 0 Å². The molecule has 1 unspecified atom stereocenters. The molecule has 0 radical (unpaired) electrons. The molecule has 0 aliphatic heterocycles. The number of nitrogens with zero attached hydrogens (tertiary/aromatic N) is 2. The van der Waals surface area contributed by atoms with E-state index >= 15 is 0 Å². The summed E-state index contributed by atoms with van der Waals surface area (Å²) in [5, 5.41) is 15.8. The van der Waals surface area contributed by atoms with Crippen LogP contribution in [0.4, 0.5) is 0 Å². The maximum Gasteiger partial charge on any atom is 0.326 e. The van der Waals surface area contributed by atoms with Gasteiger partial charge >= 0.3 is 5.97 Å². The minimum atomic E-state index is -1.05. The van der Waals surface area contributed by atoms with Gasteiger partial charge < -0.3 is 15.2 Å². The third kappa shape index (κ3) is 4.34. The Morgan fingerprint density at radius 1 is 1.55 bits per heavy atom. The zero-order chi connectivity index (χ0) is 15.1. The second-order valence-corrected chi connectivity index (χ2v) is 4.52. The molecule has 0 saturated carbocycles. The molecule has 0 aromatic carbocycles. The summed E-state index contributed by atoms with van der Waals surface area (Å²) < 4.78 is 6.43. The molecular formula is C13H21N3O4. The molecule has 0 fully saturated rings. The number of hydrogen-bond acceptors (Lipinski definition) is 4. The summed E-state index contributed by atoms with van der Waals surface area (Å²) in [4.78, 5) is 23.3. The smallest absolute Gasteiger partial charge is 0.326 e. The van der Waals surface area contributed by atoms with Gasteiger partial charge in [0.1, 0.15) is 6.04 Å². The Morgan fingerprint density at radius 2 is 2.25 bits per heavy atom. The molecule has 2 N–H and O–H groups in total. The molecule has 1 aromatic heterocycles. The number of carbonyl (C=O) groups is 2. The van der Waals surface area contributed by atoms with Crippen molar-refractivity contribution in [1.82, 2.24) is 15.1 Å². The van der Waals surface area contributed by atoms with Crippen molar-refractivity contribution >= 4 is 11.9 Å². The fourth-order valence-electron chi connectivity index (χ4n) is 1.91. The SMILES string of the molecule is CCc1nn(C)cc1C(=O)NC(CCCOC)C(=O)O. The van der Waals surface area contributed by atoms with Gasteiger partial charge in [-0.2, -0.15) is 5.10 Å². The number of aliphatic carboxylic acids is 1. The maximum atomic E-state index is 12.1. The Bertz CT molecular complexity index is 470. The van der Waals surface area contributed by atoms with E-state index in [1.165, 1.54) is 0 Å². The van der Waals surface area contributed by atoms with Crippen LogP contribution in [0.25, 0.3) is 0 Å². The maximum absolute atomic E-state index is 12.1. The average molecular weight is 283 g/mol. The molecule has 0 bridgehead atoms. The lowest BCUT2D eigenvalue weighted by Gasteiger charge is -2.14.